The second kappa shape index (κ2) is 8.24. The third-order valence-corrected chi connectivity index (χ3v) is 3.11. The predicted octanol–water partition coefficient (Wildman–Crippen LogP) is 1.59. The summed E-state index contributed by atoms with van der Waals surface area (Å²) in [4.78, 5) is 0. The molecule has 0 aliphatic heterocycles. The van der Waals surface area contributed by atoms with Crippen molar-refractivity contribution in [3.8, 4) is 0 Å². The minimum Gasteiger partial charge on any atom is -0.317 e. The van der Waals surface area contributed by atoms with Gasteiger partial charge in [0, 0.05) is 6.26 Å². The van der Waals surface area contributed by atoms with Gasteiger partial charge < -0.3 is 5.32 Å². The van der Waals surface area contributed by atoms with Crippen LogP contribution in [0.2, 0.25) is 0 Å². The molecule has 0 aromatic heterocycles. The molecule has 0 rings (SSSR count). The lowest BCUT2D eigenvalue weighted by Crippen LogP contribution is -2.19. The molecule has 0 unspecified atom stereocenters. The van der Waals surface area contributed by atoms with E-state index in [4.69, 9.17) is 0 Å². The molecule has 0 fully saturated rings. The first-order valence-corrected chi connectivity index (χ1v) is 7.50. The van der Waals surface area contributed by atoms with Gasteiger partial charge in [0.2, 0.25) is 0 Å². The van der Waals surface area contributed by atoms with Gasteiger partial charge in [-0.1, -0.05) is 26.2 Å². The van der Waals surface area contributed by atoms with Crippen LogP contribution >= 0.6 is 0 Å². The first-order valence-electron chi connectivity index (χ1n) is 5.44. The van der Waals surface area contributed by atoms with Crippen LogP contribution in [0, 0.1) is 0 Å². The van der Waals surface area contributed by atoms with E-state index in [1.165, 1.54) is 31.9 Å². The van der Waals surface area contributed by atoms with Crippen molar-refractivity contribution in [3.63, 3.8) is 0 Å². The standard InChI is InChI=1S/C10H23NO2S/c1-3-4-5-6-8-11-9-7-10-14(2,12)13/h11H,3-10H2,1-2H3. The molecule has 1 N–H and O–H groups in total. The fourth-order valence-corrected chi connectivity index (χ4v) is 1.93. The molecule has 0 atom stereocenters. The molecule has 0 saturated carbocycles. The van der Waals surface area contributed by atoms with E-state index in [1.807, 2.05) is 0 Å². The Bertz CT molecular complexity index is 212. The van der Waals surface area contributed by atoms with Crippen molar-refractivity contribution in [3.05, 3.63) is 0 Å². The number of hydrogen-bond donors (Lipinski definition) is 1. The van der Waals surface area contributed by atoms with Crippen molar-refractivity contribution < 1.29 is 8.42 Å². The largest absolute Gasteiger partial charge is 0.317 e. The Morgan fingerprint density at radius 1 is 1.00 bits per heavy atom. The molecule has 0 radical (unpaired) electrons. The molecule has 0 bridgehead atoms. The molecule has 0 spiro atoms. The maximum Gasteiger partial charge on any atom is 0.147 e. The number of rotatable bonds is 9. The third kappa shape index (κ3) is 11.9. The molecule has 0 saturated heterocycles. The van der Waals surface area contributed by atoms with Gasteiger partial charge in [-0.3, -0.25) is 0 Å². The van der Waals surface area contributed by atoms with Crippen LogP contribution in [0.25, 0.3) is 0 Å². The van der Waals surface area contributed by atoms with Crippen LogP contribution in [0.3, 0.4) is 0 Å². The fraction of sp³-hybridized carbons (Fsp3) is 1.00. The van der Waals surface area contributed by atoms with Crippen LogP contribution in [0.1, 0.15) is 39.0 Å². The SMILES string of the molecule is CCCCCCNCCCS(C)(=O)=O. The Labute approximate surface area is 88.2 Å². The summed E-state index contributed by atoms with van der Waals surface area (Å²) >= 11 is 0. The summed E-state index contributed by atoms with van der Waals surface area (Å²) in [5, 5.41) is 3.25. The minimum absolute atomic E-state index is 0.301. The van der Waals surface area contributed by atoms with E-state index in [0.29, 0.717) is 5.75 Å². The van der Waals surface area contributed by atoms with Gasteiger partial charge in [-0.25, -0.2) is 8.42 Å². The zero-order valence-electron chi connectivity index (χ0n) is 9.38. The van der Waals surface area contributed by atoms with Gasteiger partial charge in [0.05, 0.1) is 5.75 Å². The van der Waals surface area contributed by atoms with Crippen molar-refractivity contribution in [1.29, 1.82) is 0 Å². The summed E-state index contributed by atoms with van der Waals surface area (Å²) < 4.78 is 21.6. The lowest BCUT2D eigenvalue weighted by molar-refractivity contribution is 0.581. The van der Waals surface area contributed by atoms with Crippen LogP contribution in [0.4, 0.5) is 0 Å². The zero-order valence-corrected chi connectivity index (χ0v) is 10.2. The lowest BCUT2D eigenvalue weighted by atomic mass is 10.2. The highest BCUT2D eigenvalue weighted by Crippen LogP contribution is 1.97. The van der Waals surface area contributed by atoms with E-state index in [0.717, 1.165) is 19.5 Å². The summed E-state index contributed by atoms with van der Waals surface area (Å²) in [6.45, 7) is 4.03. The van der Waals surface area contributed by atoms with Crippen molar-refractivity contribution in [1.82, 2.24) is 5.32 Å². The van der Waals surface area contributed by atoms with Gasteiger partial charge in [-0.15, -0.1) is 0 Å². The highest BCUT2D eigenvalue weighted by atomic mass is 32.2. The number of unbranched alkanes of at least 4 members (excludes halogenated alkanes) is 3. The zero-order chi connectivity index (χ0) is 10.9. The molecule has 14 heavy (non-hydrogen) atoms. The van der Waals surface area contributed by atoms with Crippen molar-refractivity contribution in [2.45, 2.75) is 39.0 Å². The van der Waals surface area contributed by atoms with Crippen molar-refractivity contribution in [2.24, 2.45) is 0 Å². The number of nitrogens with one attached hydrogen (secondary N) is 1. The summed E-state index contributed by atoms with van der Waals surface area (Å²) in [7, 11) is -2.77. The van der Waals surface area contributed by atoms with Crippen LogP contribution in [-0.4, -0.2) is 33.5 Å². The highest BCUT2D eigenvalue weighted by Gasteiger charge is 1.99. The minimum atomic E-state index is -2.77. The smallest absolute Gasteiger partial charge is 0.147 e. The van der Waals surface area contributed by atoms with Gasteiger partial charge in [0.25, 0.3) is 0 Å². The summed E-state index contributed by atoms with van der Waals surface area (Å²) in [6, 6.07) is 0. The molecular formula is C10H23NO2S. The predicted molar refractivity (Wildman–Crippen MR) is 61.3 cm³/mol. The molecule has 3 nitrogen and oxygen atoms in total. The number of sulfone groups is 1. The Morgan fingerprint density at radius 3 is 2.21 bits per heavy atom. The van der Waals surface area contributed by atoms with E-state index < -0.39 is 9.84 Å². The quantitative estimate of drug-likeness (QED) is 0.601. The molecule has 86 valence electrons. The van der Waals surface area contributed by atoms with Crippen molar-refractivity contribution >= 4 is 9.84 Å². The monoisotopic (exact) mass is 221 g/mol. The van der Waals surface area contributed by atoms with E-state index in [1.54, 1.807) is 0 Å². The highest BCUT2D eigenvalue weighted by molar-refractivity contribution is 7.90. The Hall–Kier alpha value is -0.0900. The maximum absolute atomic E-state index is 10.8. The van der Waals surface area contributed by atoms with E-state index >= 15 is 0 Å². The van der Waals surface area contributed by atoms with Gasteiger partial charge >= 0.3 is 0 Å². The molecule has 0 amide bonds. The van der Waals surface area contributed by atoms with Gasteiger partial charge in [0.1, 0.15) is 9.84 Å². The Balaban J connectivity index is 3.07. The van der Waals surface area contributed by atoms with E-state index in [2.05, 4.69) is 12.2 Å². The number of hydrogen-bond acceptors (Lipinski definition) is 3. The van der Waals surface area contributed by atoms with Gasteiger partial charge in [0.15, 0.2) is 0 Å². The maximum atomic E-state index is 10.8. The summed E-state index contributed by atoms with van der Waals surface area (Å²) in [6.07, 6.45) is 7.04. The Kier molecular flexibility index (Phi) is 8.18. The van der Waals surface area contributed by atoms with Crippen LogP contribution in [0.15, 0.2) is 0 Å². The molecule has 0 aliphatic carbocycles. The topological polar surface area (TPSA) is 46.2 Å². The average molecular weight is 221 g/mol. The van der Waals surface area contributed by atoms with Crippen LogP contribution < -0.4 is 5.32 Å². The molecule has 0 aliphatic rings. The summed E-state index contributed by atoms with van der Waals surface area (Å²) in [5.74, 6) is 0.301. The van der Waals surface area contributed by atoms with E-state index in [9.17, 15) is 8.42 Å². The third-order valence-electron chi connectivity index (χ3n) is 2.08. The first kappa shape index (κ1) is 13.9. The molecule has 4 heteroatoms. The van der Waals surface area contributed by atoms with Crippen LogP contribution in [-0.2, 0) is 9.84 Å². The van der Waals surface area contributed by atoms with Gasteiger partial charge in [-0.05, 0) is 25.9 Å². The van der Waals surface area contributed by atoms with Gasteiger partial charge in [-0.2, -0.15) is 0 Å². The summed E-state index contributed by atoms with van der Waals surface area (Å²) in [5.41, 5.74) is 0. The van der Waals surface area contributed by atoms with E-state index in [-0.39, 0.29) is 0 Å². The first-order chi connectivity index (χ1) is 6.56. The normalized spacial score (nSPS) is 11.9. The lowest BCUT2D eigenvalue weighted by Gasteiger charge is -2.03. The Morgan fingerprint density at radius 2 is 1.64 bits per heavy atom. The fourth-order valence-electron chi connectivity index (χ4n) is 1.26. The second-order valence-electron chi connectivity index (χ2n) is 3.79. The van der Waals surface area contributed by atoms with Crippen molar-refractivity contribution in [2.75, 3.05) is 25.1 Å². The molecule has 0 heterocycles. The molecular weight excluding hydrogens is 198 g/mol. The second-order valence-corrected chi connectivity index (χ2v) is 6.05. The average Bonchev–Trinajstić information content (AvgIpc) is 2.08. The molecule has 0 aromatic carbocycles. The molecule has 0 aromatic rings. The van der Waals surface area contributed by atoms with Crippen LogP contribution in [0.5, 0.6) is 0 Å².